The molecule has 104 valence electrons. The Hall–Kier alpha value is -0.570. The molecule has 2 rings (SSSR count). The molecule has 2 atom stereocenters. The summed E-state index contributed by atoms with van der Waals surface area (Å²) in [5.74, 6) is 2.52. The molecule has 1 amide bonds. The standard InChI is InChI=1S/C15H28N2O/c1-12-9-13(2)11-17(10-12)15(18)4-3-14-5-7-16-8-6-14/h12-14,16H,3-11H2,1-2H3. The molecule has 0 aromatic carbocycles. The molecule has 2 aliphatic heterocycles. The van der Waals surface area contributed by atoms with Crippen molar-refractivity contribution in [2.75, 3.05) is 26.2 Å². The maximum absolute atomic E-state index is 12.2. The van der Waals surface area contributed by atoms with Crippen LogP contribution in [0.25, 0.3) is 0 Å². The molecule has 2 saturated heterocycles. The third-order valence-corrected chi connectivity index (χ3v) is 4.45. The van der Waals surface area contributed by atoms with Crippen molar-refractivity contribution >= 4 is 5.91 Å². The van der Waals surface area contributed by atoms with E-state index in [2.05, 4.69) is 24.1 Å². The van der Waals surface area contributed by atoms with Crippen LogP contribution in [0.5, 0.6) is 0 Å². The summed E-state index contributed by atoms with van der Waals surface area (Å²) < 4.78 is 0. The first-order chi connectivity index (χ1) is 8.65. The fourth-order valence-electron chi connectivity index (χ4n) is 3.52. The molecule has 18 heavy (non-hydrogen) atoms. The second-order valence-corrected chi connectivity index (χ2v) is 6.48. The van der Waals surface area contributed by atoms with Gasteiger partial charge in [0.05, 0.1) is 0 Å². The van der Waals surface area contributed by atoms with Crippen molar-refractivity contribution in [3.8, 4) is 0 Å². The Morgan fingerprint density at radius 1 is 1.17 bits per heavy atom. The van der Waals surface area contributed by atoms with Gasteiger partial charge in [-0.25, -0.2) is 0 Å². The molecule has 0 aliphatic carbocycles. The smallest absolute Gasteiger partial charge is 0.222 e. The SMILES string of the molecule is CC1CC(C)CN(C(=O)CCC2CCNCC2)C1. The summed E-state index contributed by atoms with van der Waals surface area (Å²) in [6.07, 6.45) is 5.64. The second kappa shape index (κ2) is 6.55. The lowest BCUT2D eigenvalue weighted by Crippen LogP contribution is -2.42. The first-order valence-corrected chi connectivity index (χ1v) is 7.63. The van der Waals surface area contributed by atoms with E-state index in [1.54, 1.807) is 0 Å². The highest BCUT2D eigenvalue weighted by atomic mass is 16.2. The number of carbonyl (C=O) groups is 1. The largest absolute Gasteiger partial charge is 0.342 e. The summed E-state index contributed by atoms with van der Waals surface area (Å²) in [6, 6.07) is 0. The normalized spacial score (nSPS) is 30.4. The first kappa shape index (κ1) is 13.9. The van der Waals surface area contributed by atoms with E-state index < -0.39 is 0 Å². The van der Waals surface area contributed by atoms with Crippen LogP contribution in [0.3, 0.4) is 0 Å². The van der Waals surface area contributed by atoms with Crippen LogP contribution in [-0.4, -0.2) is 37.0 Å². The zero-order chi connectivity index (χ0) is 13.0. The maximum Gasteiger partial charge on any atom is 0.222 e. The summed E-state index contributed by atoms with van der Waals surface area (Å²) in [4.78, 5) is 14.4. The minimum absolute atomic E-state index is 0.395. The zero-order valence-electron chi connectivity index (χ0n) is 12.0. The predicted octanol–water partition coefficient (Wildman–Crippen LogP) is 2.27. The molecule has 1 N–H and O–H groups in total. The highest BCUT2D eigenvalue weighted by Gasteiger charge is 2.25. The minimum Gasteiger partial charge on any atom is -0.342 e. The third kappa shape index (κ3) is 3.98. The molecule has 0 bridgehead atoms. The van der Waals surface area contributed by atoms with Crippen LogP contribution in [0.2, 0.25) is 0 Å². The summed E-state index contributed by atoms with van der Waals surface area (Å²) in [7, 11) is 0. The number of piperidine rings is 2. The van der Waals surface area contributed by atoms with Crippen LogP contribution in [0, 0.1) is 17.8 Å². The quantitative estimate of drug-likeness (QED) is 0.835. The predicted molar refractivity (Wildman–Crippen MR) is 74.4 cm³/mol. The van der Waals surface area contributed by atoms with Crippen LogP contribution in [0.15, 0.2) is 0 Å². The maximum atomic E-state index is 12.2. The highest BCUT2D eigenvalue weighted by molar-refractivity contribution is 5.76. The Bertz CT molecular complexity index is 264. The van der Waals surface area contributed by atoms with Crippen molar-refractivity contribution in [1.29, 1.82) is 0 Å². The van der Waals surface area contributed by atoms with E-state index >= 15 is 0 Å². The second-order valence-electron chi connectivity index (χ2n) is 6.48. The Morgan fingerprint density at radius 2 is 1.78 bits per heavy atom. The molecule has 0 saturated carbocycles. The summed E-state index contributed by atoms with van der Waals surface area (Å²) in [5.41, 5.74) is 0. The van der Waals surface area contributed by atoms with Gasteiger partial charge in [0.15, 0.2) is 0 Å². The van der Waals surface area contributed by atoms with E-state index in [1.165, 1.54) is 19.3 Å². The van der Waals surface area contributed by atoms with E-state index in [9.17, 15) is 4.79 Å². The number of nitrogens with one attached hydrogen (secondary N) is 1. The summed E-state index contributed by atoms with van der Waals surface area (Å²) in [5, 5.41) is 3.38. The molecule has 0 radical (unpaired) electrons. The number of hydrogen-bond donors (Lipinski definition) is 1. The lowest BCUT2D eigenvalue weighted by molar-refractivity contribution is -0.134. The van der Waals surface area contributed by atoms with Gasteiger partial charge in [-0.15, -0.1) is 0 Å². The van der Waals surface area contributed by atoms with Crippen molar-refractivity contribution < 1.29 is 4.79 Å². The molecule has 3 nitrogen and oxygen atoms in total. The van der Waals surface area contributed by atoms with Gasteiger partial charge in [0.25, 0.3) is 0 Å². The molecule has 2 fully saturated rings. The molecule has 2 aliphatic rings. The number of likely N-dealkylation sites (tertiary alicyclic amines) is 1. The summed E-state index contributed by atoms with van der Waals surface area (Å²) >= 11 is 0. The van der Waals surface area contributed by atoms with Crippen molar-refractivity contribution in [2.24, 2.45) is 17.8 Å². The van der Waals surface area contributed by atoms with Gasteiger partial charge in [0.2, 0.25) is 5.91 Å². The number of amides is 1. The Morgan fingerprint density at radius 3 is 2.39 bits per heavy atom. The number of rotatable bonds is 3. The highest BCUT2D eigenvalue weighted by Crippen LogP contribution is 2.23. The molecule has 2 unspecified atom stereocenters. The van der Waals surface area contributed by atoms with Crippen LogP contribution in [0.1, 0.15) is 46.0 Å². The first-order valence-electron chi connectivity index (χ1n) is 7.63. The van der Waals surface area contributed by atoms with E-state index in [4.69, 9.17) is 0 Å². The van der Waals surface area contributed by atoms with Gasteiger partial charge >= 0.3 is 0 Å². The van der Waals surface area contributed by atoms with Gasteiger partial charge in [-0.2, -0.15) is 0 Å². The molecule has 0 aromatic heterocycles. The average Bonchev–Trinajstić information content (AvgIpc) is 2.36. The van der Waals surface area contributed by atoms with Crippen LogP contribution < -0.4 is 5.32 Å². The van der Waals surface area contributed by atoms with Crippen molar-refractivity contribution in [3.05, 3.63) is 0 Å². The fraction of sp³-hybridized carbons (Fsp3) is 0.933. The molecule has 2 heterocycles. The Balaban J connectivity index is 1.73. The Kier molecular flexibility index (Phi) is 5.04. The van der Waals surface area contributed by atoms with Crippen LogP contribution >= 0.6 is 0 Å². The fourth-order valence-corrected chi connectivity index (χ4v) is 3.52. The van der Waals surface area contributed by atoms with Crippen LogP contribution in [-0.2, 0) is 4.79 Å². The number of carbonyl (C=O) groups excluding carboxylic acids is 1. The molecular weight excluding hydrogens is 224 g/mol. The van der Waals surface area contributed by atoms with Crippen molar-refractivity contribution in [3.63, 3.8) is 0 Å². The molecule has 0 spiro atoms. The molecule has 3 heteroatoms. The molecule has 0 aromatic rings. The minimum atomic E-state index is 0.395. The average molecular weight is 252 g/mol. The van der Waals surface area contributed by atoms with Gasteiger partial charge < -0.3 is 10.2 Å². The molecular formula is C15H28N2O. The van der Waals surface area contributed by atoms with E-state index in [1.807, 2.05) is 0 Å². The van der Waals surface area contributed by atoms with Crippen molar-refractivity contribution in [1.82, 2.24) is 10.2 Å². The van der Waals surface area contributed by atoms with E-state index in [0.717, 1.165) is 44.9 Å². The van der Waals surface area contributed by atoms with Gasteiger partial charge in [-0.1, -0.05) is 13.8 Å². The van der Waals surface area contributed by atoms with Gasteiger partial charge in [-0.05, 0) is 56.5 Å². The van der Waals surface area contributed by atoms with E-state index in [-0.39, 0.29) is 0 Å². The third-order valence-electron chi connectivity index (χ3n) is 4.45. The monoisotopic (exact) mass is 252 g/mol. The van der Waals surface area contributed by atoms with Crippen LogP contribution in [0.4, 0.5) is 0 Å². The lowest BCUT2D eigenvalue weighted by atomic mass is 9.90. The van der Waals surface area contributed by atoms with Gasteiger partial charge in [-0.3, -0.25) is 4.79 Å². The van der Waals surface area contributed by atoms with Gasteiger partial charge in [0.1, 0.15) is 0 Å². The van der Waals surface area contributed by atoms with Gasteiger partial charge in [0, 0.05) is 19.5 Å². The number of nitrogens with zero attached hydrogens (tertiary/aromatic N) is 1. The van der Waals surface area contributed by atoms with Crippen molar-refractivity contribution in [2.45, 2.75) is 46.0 Å². The number of hydrogen-bond acceptors (Lipinski definition) is 2. The topological polar surface area (TPSA) is 32.3 Å². The summed E-state index contributed by atoms with van der Waals surface area (Å²) in [6.45, 7) is 8.77. The lowest BCUT2D eigenvalue weighted by Gasteiger charge is -2.35. The van der Waals surface area contributed by atoms with E-state index in [0.29, 0.717) is 17.7 Å². The Labute approximate surface area is 111 Å². The zero-order valence-corrected chi connectivity index (χ0v) is 12.0.